The smallest absolute Gasteiger partial charge is 0.744 e. The van der Waals surface area contributed by atoms with Crippen molar-refractivity contribution in [3.63, 3.8) is 0 Å². The predicted molar refractivity (Wildman–Crippen MR) is 557 cm³/mol. The molecule has 0 aromatic heterocycles. The molecule has 10 rings (SSSR count). The number of amides is 4. The van der Waals surface area contributed by atoms with Gasteiger partial charge in [-0.25, -0.2) is 33.7 Å². The molecule has 0 aliphatic carbocycles. The van der Waals surface area contributed by atoms with E-state index in [2.05, 4.69) is 107 Å². The molecule has 0 bridgehead atoms. The topological polar surface area (TPSA) is 413 Å². The SMILES string of the molecule is CC.CC(C)(CC(Br)c1ccc(S(=O)(=O)[O-])cc1)C(=O)Cc1ccc(SSc2ccc(NC(=O)C(C)(C)CC(Br)c3ccc(S(=O)(=O)[O-])cc3)cc2)cc1.CSc1ccc(NC(=O)C(C)(C)CC(Br)c2cc[c-]cc2)cc1.CSc1ccc(NC(=O)C(C)(C)CC(Br)c2ccc(S(=O)(=O)[O-])cc2)cc1.CSc1ccc(NC(=O)C(C)(C)CC(Br)c2ccc(S(=O)(=O)[O-])cc2)cc1.O=S(=O)=O.[Na+].[Na+].[Na+].[Na+].[Na+].[Pt].[Pt]. The number of thioether (sulfide) groups is 3. The average Bonchev–Trinajstić information content (AvgIpc) is 0.830. The number of carbonyl (C=O) groups is 5. The molecule has 750 valence electrons. The minimum absolute atomic E-state index is 0. The van der Waals surface area contributed by atoms with Gasteiger partial charge in [-0.1, -0.05) is 245 Å². The second kappa shape index (κ2) is 68.7. The second-order valence-corrected chi connectivity index (χ2v) is 49.7. The van der Waals surface area contributed by atoms with Crippen molar-refractivity contribution >= 4 is 240 Å². The number of anilines is 4. The van der Waals surface area contributed by atoms with E-state index >= 15 is 0 Å². The first-order chi connectivity index (χ1) is 62.8. The first kappa shape index (κ1) is 146. The van der Waals surface area contributed by atoms with Crippen LogP contribution in [0.2, 0.25) is 0 Å². The zero-order valence-corrected chi connectivity index (χ0v) is 113. The number of alkyl halides is 5. The van der Waals surface area contributed by atoms with Crippen LogP contribution in [0.15, 0.2) is 287 Å². The molecule has 5 atom stereocenters. The third-order valence-corrected chi connectivity index (χ3v) is 32.9. The fourth-order valence-corrected chi connectivity index (χ4v) is 22.9. The van der Waals surface area contributed by atoms with E-state index in [4.69, 9.17) is 12.6 Å². The summed E-state index contributed by atoms with van der Waals surface area (Å²) in [6, 6.07) is 72.2. The molecule has 142 heavy (non-hydrogen) atoms. The number of carbonyl (C=O) groups excluding carboxylic acids is 5. The summed E-state index contributed by atoms with van der Waals surface area (Å²) in [7, 11) is -18.0. The van der Waals surface area contributed by atoms with Crippen molar-refractivity contribution in [3.05, 3.63) is 282 Å². The second-order valence-electron chi connectivity index (χ2n) is 33.3. The van der Waals surface area contributed by atoms with Crippen molar-refractivity contribution in [2.75, 3.05) is 40.0 Å². The average molecular weight is 2860 g/mol. The molecule has 4 amide bonds. The van der Waals surface area contributed by atoms with Crippen molar-refractivity contribution in [3.8, 4) is 0 Å². The van der Waals surface area contributed by atoms with Crippen LogP contribution >= 0.6 is 137 Å². The number of Topliss-reactive ketones (excluding diaryl/α,β-unsaturated/α-hetero) is 1. The Morgan fingerprint density at radius 3 is 0.676 bits per heavy atom. The summed E-state index contributed by atoms with van der Waals surface area (Å²) in [5, 5.41) is 11.8. The van der Waals surface area contributed by atoms with Gasteiger partial charge in [0.25, 0.3) is 0 Å². The third kappa shape index (κ3) is 51.7. The van der Waals surface area contributed by atoms with Crippen LogP contribution in [0, 0.1) is 33.1 Å². The molecule has 0 saturated carbocycles. The molecule has 10 aromatic rings. The molecule has 0 fully saturated rings. The van der Waals surface area contributed by atoms with E-state index < -0.39 is 78.2 Å². The van der Waals surface area contributed by atoms with Crippen LogP contribution in [-0.2, 0) is 124 Å². The summed E-state index contributed by atoms with van der Waals surface area (Å²) in [6.07, 6.45) is 8.88. The van der Waals surface area contributed by atoms with Crippen molar-refractivity contribution in [2.45, 2.75) is 190 Å². The standard InChI is InChI=1S/C37H39Br2NO8S4.2C19H22BrNO4S2.C19H21BrNOS.C2H6.5Na.O3S.2Pt/c1-36(2,22-32(38)25-7-17-30(18-8-25)51(43,44)45)34(41)21-24-5-13-28(14-6-24)49-50-29-15-11-27(12-16-29)40-35(42)37(3,4)23-33(39)26-9-19-31(20-10-26)52(46,47)48;2*1-19(2,18(22)21-14-6-8-15(26-3)9-7-14)12-17(20)13-4-10-16(11-5-13)27(23,24)25;1-19(2,13-17(20)14-7-5-4-6-8-14)18(22)21-15-9-11-16(23-3)12-10-15;1-2;;;;;;1-4(2)3;;/h5-20,32-33H,21-23H2,1-4H3,(H,40,42)(H,43,44,45)(H,46,47,48);2*4-11,17H,12H2,1-3H3,(H,21,22)(H,23,24,25);5-12,17H,13H2,1-3H3,(H,21,22);1-2H3;;;;;;;;/q;;;-1;;5*+1;;;/p-4. The van der Waals surface area contributed by atoms with E-state index in [0.29, 0.717) is 37.8 Å². The van der Waals surface area contributed by atoms with Crippen molar-refractivity contribution in [2.24, 2.45) is 27.1 Å². The molecule has 0 spiro atoms. The van der Waals surface area contributed by atoms with Gasteiger partial charge in [-0.15, -0.1) is 53.5 Å². The van der Waals surface area contributed by atoms with Gasteiger partial charge in [0.15, 0.2) is 0 Å². The Balaban J connectivity index is -0.00000185. The van der Waals surface area contributed by atoms with Crippen LogP contribution in [0.5, 0.6) is 0 Å². The Kier molecular flexibility index (Phi) is 70.5. The van der Waals surface area contributed by atoms with Gasteiger partial charge in [-0.2, -0.15) is 30.3 Å². The fraction of sp³-hybridized carbons (Fsp3) is 0.323. The van der Waals surface area contributed by atoms with Crippen molar-refractivity contribution < 1.29 is 278 Å². The van der Waals surface area contributed by atoms with Gasteiger partial charge >= 0.3 is 158 Å². The van der Waals surface area contributed by atoms with E-state index in [-0.39, 0.29) is 269 Å². The first-order valence-electron chi connectivity index (χ1n) is 41.3. The maximum absolute atomic E-state index is 13.3. The summed E-state index contributed by atoms with van der Waals surface area (Å²) in [5.74, 6) is -0.295. The molecule has 5 unspecified atom stereocenters. The third-order valence-electron chi connectivity index (χ3n) is 20.6. The van der Waals surface area contributed by atoms with Crippen LogP contribution in [-0.4, -0.2) is 113 Å². The van der Waals surface area contributed by atoms with E-state index in [1.807, 2.05) is 247 Å². The maximum atomic E-state index is 13.3. The van der Waals surface area contributed by atoms with Crippen LogP contribution in [0.1, 0.15) is 173 Å². The van der Waals surface area contributed by atoms with Gasteiger partial charge < -0.3 is 39.5 Å². The van der Waals surface area contributed by atoms with Crippen molar-refractivity contribution in [1.29, 1.82) is 0 Å². The number of benzene rings is 10. The monoisotopic (exact) mass is 2850 g/mol. The molecule has 0 saturated heterocycles. The van der Waals surface area contributed by atoms with Gasteiger partial charge in [0.2, 0.25) is 23.6 Å². The quantitative estimate of drug-likeness (QED) is 0.00708. The van der Waals surface area contributed by atoms with Gasteiger partial charge in [-0.3, -0.25) is 24.0 Å². The summed E-state index contributed by atoms with van der Waals surface area (Å²) in [5.41, 5.74) is 4.89. The number of hydrogen-bond donors (Lipinski definition) is 4. The minimum atomic E-state index is -4.53. The van der Waals surface area contributed by atoms with Crippen LogP contribution in [0.25, 0.3) is 0 Å². The number of rotatable bonds is 36. The molecule has 46 heteroatoms. The van der Waals surface area contributed by atoms with Crippen LogP contribution in [0.4, 0.5) is 22.7 Å². The zero-order valence-electron chi connectivity index (χ0n) is 82.0. The van der Waals surface area contributed by atoms with Crippen LogP contribution < -0.4 is 169 Å². The van der Waals surface area contributed by atoms with E-state index in [0.717, 1.165) is 70.0 Å². The molecule has 24 nitrogen and oxygen atoms in total. The van der Waals surface area contributed by atoms with E-state index in [1.165, 1.54) is 53.4 Å². The minimum Gasteiger partial charge on any atom is -0.744 e. The molecule has 0 aliphatic heterocycles. The molecule has 4 N–H and O–H groups in total. The van der Waals surface area contributed by atoms with Gasteiger partial charge in [0.05, 0.1) is 19.6 Å². The summed E-state index contributed by atoms with van der Waals surface area (Å²) in [6.45, 7) is 22.8. The molecular formula is C96H106Br5N4Na5O20Pt2S10. The van der Waals surface area contributed by atoms with Gasteiger partial charge in [0, 0.05) is 147 Å². The number of nitrogens with one attached hydrogen (secondary N) is 4. The van der Waals surface area contributed by atoms with Crippen molar-refractivity contribution in [1.82, 2.24) is 0 Å². The molecular weight excluding hydrogens is 2750 g/mol. The summed E-state index contributed by atoms with van der Waals surface area (Å²) < 4.78 is 159. The molecule has 10 aromatic carbocycles. The maximum Gasteiger partial charge on any atom is 1.00 e. The molecule has 0 heterocycles. The van der Waals surface area contributed by atoms with Gasteiger partial charge in [-0.05, 0) is 236 Å². The summed E-state index contributed by atoms with van der Waals surface area (Å²) >= 11 is 23.0. The van der Waals surface area contributed by atoms with E-state index in [9.17, 15) is 75.9 Å². The Bertz CT molecular complexity index is 5910. The number of ketones is 1. The molecule has 0 aliphatic rings. The Hall–Kier alpha value is -0.463. The predicted octanol–water partition coefficient (Wildman–Crippen LogP) is 9.79. The Labute approximate surface area is 1040 Å². The van der Waals surface area contributed by atoms with Gasteiger partial charge in [0.1, 0.15) is 46.3 Å². The fourth-order valence-electron chi connectivity index (χ4n) is 12.3. The Morgan fingerprint density at radius 1 is 0.310 bits per heavy atom. The van der Waals surface area contributed by atoms with E-state index in [1.54, 1.807) is 105 Å². The Morgan fingerprint density at radius 2 is 0.486 bits per heavy atom. The number of halogens is 5. The largest absolute Gasteiger partial charge is 1.00 e. The number of hydrogen-bond acceptors (Lipinski definition) is 25. The first-order valence-corrected chi connectivity index (χ1v) is 58.3. The molecule has 0 radical (unpaired) electrons. The van der Waals surface area contributed by atoms with Crippen LogP contribution in [0.3, 0.4) is 0 Å². The zero-order chi connectivity index (χ0) is 101. The normalized spacial score (nSPS) is 12.3. The summed E-state index contributed by atoms with van der Waals surface area (Å²) in [4.78, 5) is 68.1.